The largest absolute Gasteiger partial charge is 0.298 e. The normalized spacial score (nSPS) is 38.0. The van der Waals surface area contributed by atoms with Gasteiger partial charge >= 0.3 is 0 Å². The van der Waals surface area contributed by atoms with Gasteiger partial charge in [0.1, 0.15) is 0 Å². The zero-order chi connectivity index (χ0) is 8.72. The molecule has 2 aliphatic heterocycles. The van der Waals surface area contributed by atoms with Crippen molar-refractivity contribution in [1.82, 2.24) is 9.80 Å². The molecule has 0 unspecified atom stereocenters. The zero-order valence-electron chi connectivity index (χ0n) is 8.45. The van der Waals surface area contributed by atoms with Crippen molar-refractivity contribution in [3.63, 3.8) is 0 Å². The monoisotopic (exact) mass is 168 g/mol. The highest BCUT2D eigenvalue weighted by Gasteiger charge is 2.37. The molecule has 0 aromatic rings. The van der Waals surface area contributed by atoms with E-state index in [-0.39, 0.29) is 0 Å². The van der Waals surface area contributed by atoms with E-state index in [0.717, 1.165) is 18.1 Å². The fourth-order valence-corrected chi connectivity index (χ4v) is 2.57. The number of hydrogen-bond donors (Lipinski definition) is 0. The molecule has 2 aliphatic rings. The lowest BCUT2D eigenvalue weighted by Crippen LogP contribution is -2.53. The Balaban J connectivity index is 2.02. The predicted molar refractivity (Wildman–Crippen MR) is 51.3 cm³/mol. The maximum atomic E-state index is 2.63. The van der Waals surface area contributed by atoms with Gasteiger partial charge in [-0.1, -0.05) is 0 Å². The number of fused-ring (bicyclic) bond motifs is 2. The van der Waals surface area contributed by atoms with Crippen LogP contribution in [0.4, 0.5) is 0 Å². The summed E-state index contributed by atoms with van der Waals surface area (Å²) in [6.45, 7) is 7.21. The van der Waals surface area contributed by atoms with Crippen molar-refractivity contribution in [3.8, 4) is 0 Å². The SMILES string of the molecule is CC(C)N1C[C@H]2CC[C@@H](C1)N2C. The van der Waals surface area contributed by atoms with E-state index < -0.39 is 0 Å². The molecule has 0 radical (unpaired) electrons. The van der Waals surface area contributed by atoms with E-state index in [4.69, 9.17) is 0 Å². The van der Waals surface area contributed by atoms with E-state index in [1.54, 1.807) is 0 Å². The molecule has 0 N–H and O–H groups in total. The quantitative estimate of drug-likeness (QED) is 0.580. The molecule has 2 saturated heterocycles. The first-order valence-electron chi connectivity index (χ1n) is 5.14. The summed E-state index contributed by atoms with van der Waals surface area (Å²) in [4.78, 5) is 5.21. The van der Waals surface area contributed by atoms with Crippen LogP contribution in [0.15, 0.2) is 0 Å². The minimum Gasteiger partial charge on any atom is -0.298 e. The minimum absolute atomic E-state index is 0.738. The summed E-state index contributed by atoms with van der Waals surface area (Å²) in [7, 11) is 2.29. The number of likely N-dealkylation sites (N-methyl/N-ethyl adjacent to an activating group) is 1. The van der Waals surface area contributed by atoms with Gasteiger partial charge in [-0.15, -0.1) is 0 Å². The van der Waals surface area contributed by atoms with Gasteiger partial charge in [0.15, 0.2) is 0 Å². The van der Waals surface area contributed by atoms with Crippen molar-refractivity contribution in [2.75, 3.05) is 20.1 Å². The summed E-state index contributed by atoms with van der Waals surface area (Å²) in [6.07, 6.45) is 2.84. The fourth-order valence-electron chi connectivity index (χ4n) is 2.57. The van der Waals surface area contributed by atoms with Crippen LogP contribution < -0.4 is 0 Å². The van der Waals surface area contributed by atoms with Crippen LogP contribution in [0, 0.1) is 0 Å². The van der Waals surface area contributed by atoms with Crippen LogP contribution in [0.1, 0.15) is 26.7 Å². The van der Waals surface area contributed by atoms with Gasteiger partial charge in [0.2, 0.25) is 0 Å². The van der Waals surface area contributed by atoms with Crippen LogP contribution in [0.2, 0.25) is 0 Å². The summed E-state index contributed by atoms with van der Waals surface area (Å²) in [6, 6.07) is 2.44. The van der Waals surface area contributed by atoms with E-state index in [0.29, 0.717) is 0 Å². The van der Waals surface area contributed by atoms with Crippen LogP contribution in [0.25, 0.3) is 0 Å². The van der Waals surface area contributed by atoms with Crippen molar-refractivity contribution in [3.05, 3.63) is 0 Å². The summed E-state index contributed by atoms with van der Waals surface area (Å²) >= 11 is 0. The molecule has 2 bridgehead atoms. The number of piperazine rings is 1. The zero-order valence-corrected chi connectivity index (χ0v) is 8.45. The Bertz CT molecular complexity index is 153. The Labute approximate surface area is 75.5 Å². The fraction of sp³-hybridized carbons (Fsp3) is 1.00. The lowest BCUT2D eigenvalue weighted by Gasteiger charge is -2.40. The van der Waals surface area contributed by atoms with Gasteiger partial charge in [0.25, 0.3) is 0 Å². The maximum Gasteiger partial charge on any atom is 0.0224 e. The highest BCUT2D eigenvalue weighted by Crippen LogP contribution is 2.28. The van der Waals surface area contributed by atoms with E-state index >= 15 is 0 Å². The average molecular weight is 168 g/mol. The van der Waals surface area contributed by atoms with Gasteiger partial charge in [0, 0.05) is 31.2 Å². The smallest absolute Gasteiger partial charge is 0.0224 e. The molecule has 2 heteroatoms. The minimum atomic E-state index is 0.738. The molecule has 0 aromatic heterocycles. The van der Waals surface area contributed by atoms with E-state index in [2.05, 4.69) is 30.7 Å². The molecule has 2 rings (SSSR count). The van der Waals surface area contributed by atoms with Gasteiger partial charge in [-0.2, -0.15) is 0 Å². The van der Waals surface area contributed by atoms with Gasteiger partial charge in [-0.05, 0) is 33.7 Å². The van der Waals surface area contributed by atoms with E-state index in [9.17, 15) is 0 Å². The first-order chi connectivity index (χ1) is 5.68. The van der Waals surface area contributed by atoms with Gasteiger partial charge in [-0.25, -0.2) is 0 Å². The van der Waals surface area contributed by atoms with Crippen LogP contribution in [-0.2, 0) is 0 Å². The molecule has 0 saturated carbocycles. The third-order valence-electron chi connectivity index (χ3n) is 3.61. The standard InChI is InChI=1S/C10H20N2/c1-8(2)12-6-9-4-5-10(7-12)11(9)3/h8-10H,4-7H2,1-3H3/t9-,10+. The molecule has 70 valence electrons. The third-order valence-corrected chi connectivity index (χ3v) is 3.61. The molecule has 2 nitrogen and oxygen atoms in total. The maximum absolute atomic E-state index is 2.63. The number of nitrogens with zero attached hydrogens (tertiary/aromatic N) is 2. The van der Waals surface area contributed by atoms with E-state index in [1.807, 2.05) is 0 Å². The number of likely N-dealkylation sites (tertiary alicyclic amines) is 1. The molecule has 0 spiro atoms. The summed E-state index contributed by atoms with van der Waals surface area (Å²) in [5, 5.41) is 0. The lowest BCUT2D eigenvalue weighted by atomic mass is 10.1. The Morgan fingerprint density at radius 2 is 1.58 bits per heavy atom. The third kappa shape index (κ3) is 1.27. The summed E-state index contributed by atoms with van der Waals surface area (Å²) < 4.78 is 0. The van der Waals surface area contributed by atoms with Gasteiger partial charge < -0.3 is 0 Å². The highest BCUT2D eigenvalue weighted by molar-refractivity contribution is 4.94. The van der Waals surface area contributed by atoms with Crippen molar-refractivity contribution in [2.45, 2.75) is 44.8 Å². The van der Waals surface area contributed by atoms with Crippen LogP contribution >= 0.6 is 0 Å². The molecule has 0 aromatic carbocycles. The van der Waals surface area contributed by atoms with Crippen LogP contribution in [0.5, 0.6) is 0 Å². The molecule has 12 heavy (non-hydrogen) atoms. The topological polar surface area (TPSA) is 6.48 Å². The molecule has 2 atom stereocenters. The Hall–Kier alpha value is -0.0800. The average Bonchev–Trinajstić information content (AvgIpc) is 2.30. The summed E-state index contributed by atoms with van der Waals surface area (Å²) in [5.74, 6) is 0. The van der Waals surface area contributed by atoms with E-state index in [1.165, 1.54) is 25.9 Å². The number of hydrogen-bond acceptors (Lipinski definition) is 2. The Morgan fingerprint density at radius 3 is 2.00 bits per heavy atom. The predicted octanol–water partition coefficient (Wildman–Crippen LogP) is 1.17. The lowest BCUT2D eigenvalue weighted by molar-refractivity contribution is 0.0682. The first-order valence-corrected chi connectivity index (χ1v) is 5.14. The van der Waals surface area contributed by atoms with Gasteiger partial charge in [-0.3, -0.25) is 9.80 Å². The second-order valence-corrected chi connectivity index (χ2v) is 4.60. The Morgan fingerprint density at radius 1 is 1.08 bits per heavy atom. The second kappa shape index (κ2) is 3.00. The van der Waals surface area contributed by atoms with Crippen molar-refractivity contribution < 1.29 is 0 Å². The summed E-state index contributed by atoms with van der Waals surface area (Å²) in [5.41, 5.74) is 0. The number of rotatable bonds is 1. The van der Waals surface area contributed by atoms with Crippen molar-refractivity contribution >= 4 is 0 Å². The second-order valence-electron chi connectivity index (χ2n) is 4.60. The highest BCUT2D eigenvalue weighted by atomic mass is 15.3. The van der Waals surface area contributed by atoms with Crippen LogP contribution in [0.3, 0.4) is 0 Å². The molecule has 0 aliphatic carbocycles. The van der Waals surface area contributed by atoms with Crippen LogP contribution in [-0.4, -0.2) is 48.1 Å². The Kier molecular flexibility index (Phi) is 2.13. The first kappa shape index (κ1) is 8.52. The van der Waals surface area contributed by atoms with Crippen molar-refractivity contribution in [2.24, 2.45) is 0 Å². The molecular formula is C10H20N2. The van der Waals surface area contributed by atoms with Gasteiger partial charge in [0.05, 0.1) is 0 Å². The molecule has 2 heterocycles. The van der Waals surface area contributed by atoms with Crippen molar-refractivity contribution in [1.29, 1.82) is 0 Å². The molecule has 0 amide bonds. The molecular weight excluding hydrogens is 148 g/mol. The molecule has 2 fully saturated rings.